The van der Waals surface area contributed by atoms with Gasteiger partial charge in [-0.2, -0.15) is 4.98 Å². The fourth-order valence-electron chi connectivity index (χ4n) is 1.01. The maximum atomic E-state index is 5.43. The van der Waals surface area contributed by atoms with Crippen LogP contribution in [0.25, 0.3) is 11.5 Å². The first-order valence-electron chi connectivity index (χ1n) is 4.10. The van der Waals surface area contributed by atoms with Crippen molar-refractivity contribution in [3.63, 3.8) is 0 Å². The Balaban J connectivity index is 2.44. The smallest absolute Gasteiger partial charge is 0.223 e. The van der Waals surface area contributed by atoms with Gasteiger partial charge >= 0.3 is 0 Å². The molecule has 0 bridgehead atoms. The van der Waals surface area contributed by atoms with Crippen molar-refractivity contribution in [2.24, 2.45) is 0 Å². The second-order valence-corrected chi connectivity index (χ2v) is 2.61. The van der Waals surface area contributed by atoms with Crippen molar-refractivity contribution in [2.45, 2.75) is 0 Å². The number of rotatable bonds is 2. The summed E-state index contributed by atoms with van der Waals surface area (Å²) in [5, 5.41) is 0. The Morgan fingerprint density at radius 3 is 2.67 bits per heavy atom. The Morgan fingerprint density at radius 2 is 1.93 bits per heavy atom. The van der Waals surface area contributed by atoms with Gasteiger partial charge in [-0.25, -0.2) is 19.9 Å². The summed E-state index contributed by atoms with van der Waals surface area (Å²) >= 11 is 0. The molecule has 0 aromatic carbocycles. The van der Waals surface area contributed by atoms with Crippen LogP contribution in [0.3, 0.4) is 0 Å². The monoisotopic (exact) mass is 204 g/mol. The zero-order valence-electron chi connectivity index (χ0n) is 7.95. The van der Waals surface area contributed by atoms with Crippen molar-refractivity contribution in [3.05, 3.63) is 18.7 Å². The first kappa shape index (κ1) is 9.25. The highest BCUT2D eigenvalue weighted by molar-refractivity contribution is 5.50. The van der Waals surface area contributed by atoms with Crippen molar-refractivity contribution in [2.75, 3.05) is 12.8 Å². The zero-order valence-corrected chi connectivity index (χ0v) is 7.95. The molecule has 7 heteroatoms. The van der Waals surface area contributed by atoms with Gasteiger partial charge in [0.05, 0.1) is 7.11 Å². The van der Waals surface area contributed by atoms with Crippen molar-refractivity contribution in [1.29, 1.82) is 0 Å². The first-order valence-corrected chi connectivity index (χ1v) is 4.10. The number of nitrogens with zero attached hydrogens (tertiary/aromatic N) is 5. The highest BCUT2D eigenvalue weighted by Gasteiger charge is 2.05. The third-order valence-electron chi connectivity index (χ3n) is 1.67. The van der Waals surface area contributed by atoms with E-state index in [-0.39, 0.29) is 5.95 Å². The lowest BCUT2D eigenvalue weighted by molar-refractivity contribution is 0.397. The Labute approximate surface area is 85.4 Å². The standard InChI is InChI=1S/C8H8N6O/c1-15-6-2-5(10-3-11-6)7-12-4-13-8(9)14-7/h2-4H,1H3,(H2,9,12,13,14). The molecule has 0 radical (unpaired) electrons. The maximum absolute atomic E-state index is 5.43. The second-order valence-electron chi connectivity index (χ2n) is 2.61. The van der Waals surface area contributed by atoms with Crippen LogP contribution in [0.1, 0.15) is 0 Å². The summed E-state index contributed by atoms with van der Waals surface area (Å²) in [6, 6.07) is 1.62. The Morgan fingerprint density at radius 1 is 1.13 bits per heavy atom. The van der Waals surface area contributed by atoms with Crippen LogP contribution < -0.4 is 10.5 Å². The Bertz CT molecular complexity index is 474. The van der Waals surface area contributed by atoms with Crippen molar-refractivity contribution < 1.29 is 4.74 Å². The highest BCUT2D eigenvalue weighted by atomic mass is 16.5. The molecule has 0 spiro atoms. The van der Waals surface area contributed by atoms with Crippen LogP contribution in [0.15, 0.2) is 18.7 Å². The van der Waals surface area contributed by atoms with Crippen molar-refractivity contribution >= 4 is 5.95 Å². The molecule has 0 aliphatic rings. The predicted octanol–water partition coefficient (Wildman–Crippen LogP) is -0.0806. The number of ether oxygens (including phenoxy) is 1. The van der Waals surface area contributed by atoms with Gasteiger partial charge in [0.25, 0.3) is 0 Å². The second kappa shape index (κ2) is 3.82. The van der Waals surface area contributed by atoms with Crippen LogP contribution in [0.2, 0.25) is 0 Å². The molecule has 0 unspecified atom stereocenters. The van der Waals surface area contributed by atoms with Crippen LogP contribution in [-0.4, -0.2) is 32.0 Å². The van der Waals surface area contributed by atoms with Gasteiger partial charge in [-0.05, 0) is 0 Å². The number of aromatic nitrogens is 5. The minimum atomic E-state index is 0.151. The van der Waals surface area contributed by atoms with E-state index in [0.717, 1.165) is 0 Å². The average molecular weight is 204 g/mol. The van der Waals surface area contributed by atoms with Crippen LogP contribution in [-0.2, 0) is 0 Å². The van der Waals surface area contributed by atoms with Gasteiger partial charge in [-0.3, -0.25) is 0 Å². The van der Waals surface area contributed by atoms with E-state index in [1.165, 1.54) is 19.8 Å². The molecule has 2 aromatic heterocycles. The van der Waals surface area contributed by atoms with Gasteiger partial charge in [-0.15, -0.1) is 0 Å². The van der Waals surface area contributed by atoms with Crippen molar-refractivity contribution in [1.82, 2.24) is 24.9 Å². The molecule has 0 aliphatic carbocycles. The minimum Gasteiger partial charge on any atom is -0.481 e. The summed E-state index contributed by atoms with van der Waals surface area (Å²) in [5.41, 5.74) is 5.97. The molecule has 7 nitrogen and oxygen atoms in total. The van der Waals surface area contributed by atoms with E-state index in [0.29, 0.717) is 17.4 Å². The molecule has 2 rings (SSSR count). The fraction of sp³-hybridized carbons (Fsp3) is 0.125. The lowest BCUT2D eigenvalue weighted by Crippen LogP contribution is -2.00. The molecule has 0 aliphatic heterocycles. The molecule has 0 saturated carbocycles. The van der Waals surface area contributed by atoms with Crippen LogP contribution in [0.5, 0.6) is 5.88 Å². The largest absolute Gasteiger partial charge is 0.481 e. The van der Waals surface area contributed by atoms with E-state index in [2.05, 4.69) is 24.9 Å². The summed E-state index contributed by atoms with van der Waals surface area (Å²) < 4.78 is 4.95. The summed E-state index contributed by atoms with van der Waals surface area (Å²) in [7, 11) is 1.52. The molecule has 2 heterocycles. The van der Waals surface area contributed by atoms with Crippen LogP contribution in [0.4, 0.5) is 5.95 Å². The summed E-state index contributed by atoms with van der Waals surface area (Å²) in [5.74, 6) is 0.986. The van der Waals surface area contributed by atoms with Gasteiger partial charge in [-0.1, -0.05) is 0 Å². The lowest BCUT2D eigenvalue weighted by atomic mass is 10.4. The van der Waals surface area contributed by atoms with E-state index >= 15 is 0 Å². The molecule has 0 saturated heterocycles. The third kappa shape index (κ3) is 1.96. The lowest BCUT2D eigenvalue weighted by Gasteiger charge is -2.01. The average Bonchev–Trinajstić information content (AvgIpc) is 2.29. The third-order valence-corrected chi connectivity index (χ3v) is 1.67. The molecule has 15 heavy (non-hydrogen) atoms. The van der Waals surface area contributed by atoms with Gasteiger partial charge in [0.2, 0.25) is 11.8 Å². The molecule has 0 fully saturated rings. The maximum Gasteiger partial charge on any atom is 0.223 e. The first-order chi connectivity index (χ1) is 7.29. The van der Waals surface area contributed by atoms with Gasteiger partial charge in [0.15, 0.2) is 5.82 Å². The fourth-order valence-corrected chi connectivity index (χ4v) is 1.01. The van der Waals surface area contributed by atoms with Gasteiger partial charge < -0.3 is 10.5 Å². The number of methoxy groups -OCH3 is 1. The topological polar surface area (TPSA) is 99.7 Å². The Hall–Kier alpha value is -2.31. The number of hydrogen-bond acceptors (Lipinski definition) is 7. The Kier molecular flexibility index (Phi) is 2.36. The highest BCUT2D eigenvalue weighted by Crippen LogP contribution is 2.14. The van der Waals surface area contributed by atoms with Crippen LogP contribution in [0, 0.1) is 0 Å². The molecule has 0 amide bonds. The number of anilines is 1. The van der Waals surface area contributed by atoms with E-state index < -0.39 is 0 Å². The zero-order chi connectivity index (χ0) is 10.7. The summed E-state index contributed by atoms with van der Waals surface area (Å²) in [4.78, 5) is 19.4. The quantitative estimate of drug-likeness (QED) is 0.730. The van der Waals surface area contributed by atoms with E-state index in [1.54, 1.807) is 6.07 Å². The molecule has 2 aromatic rings. The van der Waals surface area contributed by atoms with Crippen LogP contribution >= 0.6 is 0 Å². The normalized spacial score (nSPS) is 9.93. The summed E-state index contributed by atoms with van der Waals surface area (Å²) in [6.07, 6.45) is 2.69. The number of nitrogens with two attached hydrogens (primary N) is 1. The van der Waals surface area contributed by atoms with Gasteiger partial charge in [0.1, 0.15) is 18.3 Å². The number of nitrogen functional groups attached to an aromatic ring is 1. The molecule has 76 valence electrons. The van der Waals surface area contributed by atoms with E-state index in [1.807, 2.05) is 0 Å². The van der Waals surface area contributed by atoms with E-state index in [9.17, 15) is 0 Å². The summed E-state index contributed by atoms with van der Waals surface area (Å²) in [6.45, 7) is 0. The van der Waals surface area contributed by atoms with E-state index in [4.69, 9.17) is 10.5 Å². The molecule has 0 atom stereocenters. The molecule has 2 N–H and O–H groups in total. The predicted molar refractivity (Wildman–Crippen MR) is 51.8 cm³/mol. The van der Waals surface area contributed by atoms with Gasteiger partial charge in [0, 0.05) is 6.07 Å². The van der Waals surface area contributed by atoms with Crippen molar-refractivity contribution in [3.8, 4) is 17.4 Å². The molecular formula is C8H8N6O. The molecular weight excluding hydrogens is 196 g/mol. The number of hydrogen-bond donors (Lipinski definition) is 1. The minimum absolute atomic E-state index is 0.151. The SMILES string of the molecule is COc1cc(-c2ncnc(N)n2)ncn1.